The van der Waals surface area contributed by atoms with Crippen molar-refractivity contribution in [3.8, 4) is 17.0 Å². The summed E-state index contributed by atoms with van der Waals surface area (Å²) < 4.78 is 5.51. The van der Waals surface area contributed by atoms with Crippen LogP contribution in [0.2, 0.25) is 0 Å². The number of aryl methyl sites for hydroxylation is 2. The lowest BCUT2D eigenvalue weighted by atomic mass is 10.0. The van der Waals surface area contributed by atoms with Gasteiger partial charge in [0.15, 0.2) is 5.13 Å². The summed E-state index contributed by atoms with van der Waals surface area (Å²) >= 11 is 1.39. The van der Waals surface area contributed by atoms with Gasteiger partial charge in [-0.2, -0.15) is 0 Å². The molecule has 156 valence electrons. The number of methoxy groups -OCH3 is 1. The third-order valence-electron chi connectivity index (χ3n) is 4.85. The minimum atomic E-state index is -0.207. The van der Waals surface area contributed by atoms with Crippen LogP contribution in [0.25, 0.3) is 11.3 Å². The number of nitrogens with zero attached hydrogens (tertiary/aromatic N) is 1. The van der Waals surface area contributed by atoms with Crippen molar-refractivity contribution in [3.63, 3.8) is 0 Å². The van der Waals surface area contributed by atoms with Crippen LogP contribution in [0.5, 0.6) is 5.75 Å². The highest BCUT2D eigenvalue weighted by Crippen LogP contribution is 2.33. The van der Waals surface area contributed by atoms with Gasteiger partial charge in [-0.25, -0.2) is 4.98 Å². The van der Waals surface area contributed by atoms with Gasteiger partial charge in [0, 0.05) is 22.9 Å². The Balaban J connectivity index is 1.73. The predicted molar refractivity (Wildman–Crippen MR) is 121 cm³/mol. The van der Waals surface area contributed by atoms with Crippen molar-refractivity contribution in [2.45, 2.75) is 39.0 Å². The summed E-state index contributed by atoms with van der Waals surface area (Å²) in [6.45, 7) is 2.18. The molecule has 1 N–H and O–H groups in total. The monoisotopic (exact) mass is 422 g/mol. The lowest BCUT2D eigenvalue weighted by Crippen LogP contribution is -2.11. The van der Waals surface area contributed by atoms with Crippen LogP contribution < -0.4 is 10.1 Å². The highest BCUT2D eigenvalue weighted by Gasteiger charge is 2.13. The van der Waals surface area contributed by atoms with E-state index < -0.39 is 0 Å². The molecule has 1 amide bonds. The van der Waals surface area contributed by atoms with Crippen molar-refractivity contribution in [1.82, 2.24) is 4.98 Å². The Labute approximate surface area is 181 Å². The molecule has 0 saturated heterocycles. The van der Waals surface area contributed by atoms with Crippen LogP contribution in [0.1, 0.15) is 47.7 Å². The molecule has 6 heteroatoms. The van der Waals surface area contributed by atoms with Crippen molar-refractivity contribution < 1.29 is 14.3 Å². The Hall–Kier alpha value is -2.99. The highest BCUT2D eigenvalue weighted by atomic mass is 32.1. The fourth-order valence-corrected chi connectivity index (χ4v) is 3.87. The lowest BCUT2D eigenvalue weighted by molar-refractivity contribution is -0.107. The van der Waals surface area contributed by atoms with Gasteiger partial charge in [-0.15, -0.1) is 11.3 Å². The van der Waals surface area contributed by atoms with E-state index in [-0.39, 0.29) is 5.91 Å². The SMILES string of the molecule is CCCCc1ccc(OC)c(-c2csc(NC(=O)c3ccc(CCC=O)cc3)n2)c1. The van der Waals surface area contributed by atoms with Gasteiger partial charge >= 0.3 is 0 Å². The van der Waals surface area contributed by atoms with E-state index in [1.807, 2.05) is 23.6 Å². The second-order valence-electron chi connectivity index (χ2n) is 7.03. The molecule has 5 nitrogen and oxygen atoms in total. The smallest absolute Gasteiger partial charge is 0.257 e. The first kappa shape index (κ1) is 21.7. The van der Waals surface area contributed by atoms with Gasteiger partial charge in [0.05, 0.1) is 12.8 Å². The Morgan fingerprint density at radius 1 is 1.13 bits per heavy atom. The second kappa shape index (κ2) is 10.7. The number of nitrogens with one attached hydrogen (secondary N) is 1. The number of aldehydes is 1. The van der Waals surface area contributed by atoms with E-state index in [1.165, 1.54) is 16.9 Å². The summed E-state index contributed by atoms with van der Waals surface area (Å²) in [5, 5.41) is 5.34. The van der Waals surface area contributed by atoms with Crippen molar-refractivity contribution in [3.05, 3.63) is 64.5 Å². The van der Waals surface area contributed by atoms with Crippen LogP contribution in [-0.2, 0) is 17.6 Å². The van der Waals surface area contributed by atoms with Crippen LogP contribution >= 0.6 is 11.3 Å². The van der Waals surface area contributed by atoms with E-state index in [0.717, 1.165) is 48.1 Å². The van der Waals surface area contributed by atoms with E-state index in [9.17, 15) is 9.59 Å². The van der Waals surface area contributed by atoms with Gasteiger partial charge in [-0.1, -0.05) is 31.5 Å². The number of aromatic nitrogens is 1. The Morgan fingerprint density at radius 3 is 2.60 bits per heavy atom. The first-order chi connectivity index (χ1) is 14.6. The molecule has 1 aromatic heterocycles. The average molecular weight is 423 g/mol. The summed E-state index contributed by atoms with van der Waals surface area (Å²) in [5.41, 5.74) is 4.56. The zero-order valence-electron chi connectivity index (χ0n) is 17.3. The standard InChI is InChI=1S/C24H26N2O3S/c1-3-4-6-18-10-13-22(29-2)20(15-18)21-16-30-24(25-21)26-23(28)19-11-8-17(9-12-19)7-5-14-27/h8-16H,3-7H2,1-2H3,(H,25,26,28). The van der Waals surface area contributed by atoms with Crippen LogP contribution in [-0.4, -0.2) is 24.3 Å². The van der Waals surface area contributed by atoms with Crippen molar-refractivity contribution >= 4 is 28.7 Å². The second-order valence-corrected chi connectivity index (χ2v) is 7.89. The third kappa shape index (κ3) is 5.54. The van der Waals surface area contributed by atoms with E-state index in [2.05, 4.69) is 29.4 Å². The molecule has 3 rings (SSSR count). The molecule has 0 radical (unpaired) electrons. The van der Waals surface area contributed by atoms with Gasteiger partial charge in [-0.3, -0.25) is 10.1 Å². The number of hydrogen-bond acceptors (Lipinski definition) is 5. The fourth-order valence-electron chi connectivity index (χ4n) is 3.16. The van der Waals surface area contributed by atoms with Crippen LogP contribution in [0, 0.1) is 0 Å². The molecule has 0 unspecified atom stereocenters. The van der Waals surface area contributed by atoms with Crippen LogP contribution in [0.15, 0.2) is 47.8 Å². The molecular formula is C24H26N2O3S. The Kier molecular flexibility index (Phi) is 7.74. The molecular weight excluding hydrogens is 396 g/mol. The minimum Gasteiger partial charge on any atom is -0.496 e. The zero-order valence-corrected chi connectivity index (χ0v) is 18.1. The number of benzene rings is 2. The number of rotatable bonds is 10. The van der Waals surface area contributed by atoms with Gasteiger partial charge in [0.1, 0.15) is 12.0 Å². The minimum absolute atomic E-state index is 0.207. The van der Waals surface area contributed by atoms with Crippen molar-refractivity contribution in [1.29, 1.82) is 0 Å². The lowest BCUT2D eigenvalue weighted by Gasteiger charge is -2.09. The molecule has 0 aliphatic heterocycles. The topological polar surface area (TPSA) is 68.3 Å². The van der Waals surface area contributed by atoms with Gasteiger partial charge in [0.2, 0.25) is 0 Å². The van der Waals surface area contributed by atoms with E-state index in [4.69, 9.17) is 4.74 Å². The van der Waals surface area contributed by atoms with E-state index >= 15 is 0 Å². The maximum Gasteiger partial charge on any atom is 0.257 e. The quantitative estimate of drug-likeness (QED) is 0.435. The largest absolute Gasteiger partial charge is 0.496 e. The number of amides is 1. The molecule has 0 saturated carbocycles. The Bertz CT molecular complexity index is 996. The Morgan fingerprint density at radius 2 is 1.90 bits per heavy atom. The molecule has 2 aromatic carbocycles. The van der Waals surface area contributed by atoms with E-state index in [1.54, 1.807) is 19.2 Å². The molecule has 0 aliphatic rings. The van der Waals surface area contributed by atoms with Gasteiger partial charge in [-0.05, 0) is 54.7 Å². The highest BCUT2D eigenvalue weighted by molar-refractivity contribution is 7.14. The number of carbonyl (C=O) groups is 2. The van der Waals surface area contributed by atoms with Gasteiger partial charge in [0.25, 0.3) is 5.91 Å². The fraction of sp³-hybridized carbons (Fsp3) is 0.292. The van der Waals surface area contributed by atoms with Crippen LogP contribution in [0.3, 0.4) is 0 Å². The summed E-state index contributed by atoms with van der Waals surface area (Å²) in [4.78, 5) is 27.6. The first-order valence-corrected chi connectivity index (χ1v) is 11.0. The molecule has 0 aliphatic carbocycles. The number of ether oxygens (including phenoxy) is 1. The molecule has 3 aromatic rings. The normalized spacial score (nSPS) is 10.6. The molecule has 0 bridgehead atoms. The number of anilines is 1. The van der Waals surface area contributed by atoms with Crippen molar-refractivity contribution in [2.75, 3.05) is 12.4 Å². The summed E-state index contributed by atoms with van der Waals surface area (Å²) in [7, 11) is 1.65. The molecule has 0 atom stereocenters. The van der Waals surface area contributed by atoms with Gasteiger partial charge < -0.3 is 9.53 Å². The molecule has 30 heavy (non-hydrogen) atoms. The number of carbonyl (C=O) groups excluding carboxylic acids is 2. The summed E-state index contributed by atoms with van der Waals surface area (Å²) in [5.74, 6) is 0.561. The maximum atomic E-state index is 12.6. The van der Waals surface area contributed by atoms with E-state index in [0.29, 0.717) is 23.5 Å². The third-order valence-corrected chi connectivity index (χ3v) is 5.61. The zero-order chi connectivity index (χ0) is 21.3. The first-order valence-electron chi connectivity index (χ1n) is 10.1. The van der Waals surface area contributed by atoms with Crippen molar-refractivity contribution in [2.24, 2.45) is 0 Å². The predicted octanol–water partition coefficient (Wildman–Crippen LogP) is 5.55. The molecule has 0 fully saturated rings. The summed E-state index contributed by atoms with van der Waals surface area (Å²) in [6.07, 6.45) is 5.36. The van der Waals surface area contributed by atoms with Crippen LogP contribution in [0.4, 0.5) is 5.13 Å². The molecule has 1 heterocycles. The number of hydrogen-bond donors (Lipinski definition) is 1. The maximum absolute atomic E-state index is 12.6. The summed E-state index contributed by atoms with van der Waals surface area (Å²) in [6, 6.07) is 13.5. The average Bonchev–Trinajstić information content (AvgIpc) is 3.24. The number of thiazole rings is 1. The molecule has 0 spiro atoms. The number of unbranched alkanes of at least 4 members (excludes halogenated alkanes) is 1.